The number of hydrogen-bond donors (Lipinski definition) is 3. The number of β-lactam (4-membered cyclic amide) rings is 1. The minimum atomic E-state index is -1.23. The number of carbonyl (C=O) groups excluding carboxylic acids is 3. The smallest absolute Gasteiger partial charge is 0.323 e. The van der Waals surface area contributed by atoms with Crippen molar-refractivity contribution in [2.24, 2.45) is 0 Å². The maximum Gasteiger partial charge on any atom is 0.323 e. The lowest BCUT2D eigenvalue weighted by Gasteiger charge is -2.46. The monoisotopic (exact) mass is 417 g/mol. The Morgan fingerprint density at radius 3 is 2.23 bits per heavy atom. The Bertz CT molecular complexity index is 879. The number of benzene rings is 1. The third-order valence-electron chi connectivity index (χ3n) is 5.38. The molecule has 2 aliphatic rings. The van der Waals surface area contributed by atoms with Gasteiger partial charge in [-0.3, -0.25) is 24.0 Å². The summed E-state index contributed by atoms with van der Waals surface area (Å²) in [6, 6.07) is 4.52. The summed E-state index contributed by atoms with van der Waals surface area (Å²) in [6.45, 7) is 0.675. The molecule has 2 aliphatic heterocycles. The average Bonchev–Trinajstić information content (AvgIpc) is 3.25. The summed E-state index contributed by atoms with van der Waals surface area (Å²) in [5, 5.41) is 20.4. The van der Waals surface area contributed by atoms with Crippen molar-refractivity contribution in [3.63, 3.8) is 0 Å². The van der Waals surface area contributed by atoms with E-state index < -0.39 is 42.4 Å². The Balaban J connectivity index is 1.76. The van der Waals surface area contributed by atoms with Crippen molar-refractivity contribution >= 4 is 29.7 Å². The second-order valence-corrected chi connectivity index (χ2v) is 7.36. The molecule has 0 aromatic heterocycles. The normalized spacial score (nSPS) is 20.6. The molecule has 10 nitrogen and oxygen atoms in total. The number of amides is 3. The van der Waals surface area contributed by atoms with Gasteiger partial charge in [-0.25, -0.2) is 0 Å². The Morgan fingerprint density at radius 1 is 1.00 bits per heavy atom. The molecular weight excluding hydrogens is 394 g/mol. The second-order valence-electron chi connectivity index (χ2n) is 7.36. The van der Waals surface area contributed by atoms with Crippen molar-refractivity contribution in [2.75, 3.05) is 19.6 Å². The molecule has 0 bridgehead atoms. The van der Waals surface area contributed by atoms with E-state index in [1.807, 2.05) is 0 Å². The topological polar surface area (TPSA) is 144 Å². The number of carboxylic acid groups (broad SMARTS) is 2. The van der Waals surface area contributed by atoms with E-state index in [4.69, 9.17) is 10.2 Å². The number of carbonyl (C=O) groups is 5. The van der Waals surface area contributed by atoms with Crippen molar-refractivity contribution in [1.29, 1.82) is 0 Å². The third-order valence-corrected chi connectivity index (χ3v) is 5.38. The van der Waals surface area contributed by atoms with Gasteiger partial charge in [0.05, 0.1) is 17.2 Å². The summed E-state index contributed by atoms with van der Waals surface area (Å²) in [7, 11) is 0. The molecule has 2 atom stereocenters. The van der Waals surface area contributed by atoms with Crippen molar-refractivity contribution < 1.29 is 34.2 Å². The first-order chi connectivity index (χ1) is 14.3. The van der Waals surface area contributed by atoms with Gasteiger partial charge in [-0.1, -0.05) is 12.1 Å². The first-order valence-electron chi connectivity index (χ1n) is 9.73. The van der Waals surface area contributed by atoms with E-state index >= 15 is 0 Å². The molecular formula is C20H23N3O7. The highest BCUT2D eigenvalue weighted by Gasteiger charge is 2.48. The van der Waals surface area contributed by atoms with Gasteiger partial charge < -0.3 is 25.3 Å². The summed E-state index contributed by atoms with van der Waals surface area (Å²) >= 11 is 0. The fraction of sp³-hybridized carbons (Fsp3) is 0.450. The molecule has 3 amide bonds. The predicted molar refractivity (Wildman–Crippen MR) is 103 cm³/mol. The number of nitrogens with one attached hydrogen (secondary N) is 1. The molecule has 30 heavy (non-hydrogen) atoms. The molecule has 1 aromatic carbocycles. The number of nitrogens with zero attached hydrogens (tertiary/aromatic N) is 2. The van der Waals surface area contributed by atoms with Crippen LogP contribution in [-0.2, 0) is 14.4 Å². The van der Waals surface area contributed by atoms with Gasteiger partial charge in [0.2, 0.25) is 5.91 Å². The zero-order chi connectivity index (χ0) is 21.8. The van der Waals surface area contributed by atoms with Crippen molar-refractivity contribution in [1.82, 2.24) is 15.1 Å². The Morgan fingerprint density at radius 2 is 1.63 bits per heavy atom. The van der Waals surface area contributed by atoms with Crippen LogP contribution in [0.4, 0.5) is 0 Å². The quantitative estimate of drug-likeness (QED) is 0.512. The van der Waals surface area contributed by atoms with Crippen LogP contribution in [0.1, 0.15) is 46.4 Å². The second kappa shape index (κ2) is 8.93. The highest BCUT2D eigenvalue weighted by Crippen LogP contribution is 2.25. The molecule has 0 saturated carbocycles. The van der Waals surface area contributed by atoms with Crippen LogP contribution in [0.2, 0.25) is 0 Å². The maximum absolute atomic E-state index is 12.9. The molecule has 0 unspecified atom stereocenters. The average molecular weight is 417 g/mol. The maximum atomic E-state index is 12.9. The Hall–Kier alpha value is -3.43. The Labute approximate surface area is 172 Å². The van der Waals surface area contributed by atoms with Crippen LogP contribution in [0.3, 0.4) is 0 Å². The van der Waals surface area contributed by atoms with Gasteiger partial charge in [-0.05, 0) is 31.4 Å². The molecule has 0 aliphatic carbocycles. The Kier molecular flexibility index (Phi) is 6.34. The molecule has 0 spiro atoms. The van der Waals surface area contributed by atoms with Gasteiger partial charge in [0.25, 0.3) is 11.8 Å². The van der Waals surface area contributed by atoms with Gasteiger partial charge in [-0.2, -0.15) is 0 Å². The largest absolute Gasteiger partial charge is 0.481 e. The minimum Gasteiger partial charge on any atom is -0.481 e. The van der Waals surface area contributed by atoms with Gasteiger partial charge in [0.15, 0.2) is 0 Å². The number of likely N-dealkylation sites (tertiary alicyclic amines) is 2. The van der Waals surface area contributed by atoms with Crippen LogP contribution in [0.25, 0.3) is 0 Å². The summed E-state index contributed by atoms with van der Waals surface area (Å²) < 4.78 is 0. The lowest BCUT2D eigenvalue weighted by atomic mass is 9.90. The van der Waals surface area contributed by atoms with Crippen molar-refractivity contribution in [3.8, 4) is 0 Å². The molecule has 0 radical (unpaired) electrons. The molecule has 2 heterocycles. The molecule has 1 aromatic rings. The van der Waals surface area contributed by atoms with Crippen LogP contribution >= 0.6 is 0 Å². The lowest BCUT2D eigenvalue weighted by Crippen LogP contribution is -2.71. The molecule has 2 fully saturated rings. The highest BCUT2D eigenvalue weighted by molar-refractivity contribution is 6.08. The van der Waals surface area contributed by atoms with Crippen molar-refractivity contribution in [2.45, 2.75) is 37.8 Å². The molecule has 3 N–H and O–H groups in total. The fourth-order valence-corrected chi connectivity index (χ4v) is 3.87. The zero-order valence-corrected chi connectivity index (χ0v) is 16.2. The third kappa shape index (κ3) is 4.42. The summed E-state index contributed by atoms with van der Waals surface area (Å²) in [6.07, 6.45) is 1.54. The number of aliphatic carboxylic acids is 2. The van der Waals surface area contributed by atoms with E-state index in [0.29, 0.717) is 13.1 Å². The standard InChI is InChI=1S/C20H23N3O7/c24-15(25)8-7-14-17(20(30)23(14)11-16(26)27)21-18(28)12-5-1-2-6-13(12)19(29)22-9-3-4-10-22/h1-2,5-6,14,17H,3-4,7-11H2,(H,21,28)(H,24,25)(H,26,27)/t14-,17+/m1/s1. The van der Waals surface area contributed by atoms with E-state index in [9.17, 15) is 24.0 Å². The minimum absolute atomic E-state index is 0.00759. The van der Waals surface area contributed by atoms with Crippen molar-refractivity contribution in [3.05, 3.63) is 35.4 Å². The SMILES string of the molecule is O=C(O)CC[C@@H]1[C@H](NC(=O)c2ccccc2C(=O)N2CCCC2)C(=O)N1CC(=O)O. The van der Waals surface area contributed by atoms with E-state index in [0.717, 1.165) is 17.7 Å². The van der Waals surface area contributed by atoms with E-state index in [2.05, 4.69) is 5.32 Å². The van der Waals surface area contributed by atoms with Crippen LogP contribution in [0.15, 0.2) is 24.3 Å². The van der Waals surface area contributed by atoms with Crippen LogP contribution in [0, 0.1) is 0 Å². The van der Waals surface area contributed by atoms with Gasteiger partial charge in [0.1, 0.15) is 12.6 Å². The molecule has 2 saturated heterocycles. The number of rotatable bonds is 8. The highest BCUT2D eigenvalue weighted by atomic mass is 16.4. The summed E-state index contributed by atoms with van der Waals surface area (Å²) in [4.78, 5) is 62.6. The molecule has 3 rings (SSSR count). The van der Waals surface area contributed by atoms with Gasteiger partial charge in [0, 0.05) is 19.5 Å². The summed E-state index contributed by atoms with van der Waals surface area (Å²) in [5.41, 5.74) is 0.351. The fourth-order valence-electron chi connectivity index (χ4n) is 3.87. The van der Waals surface area contributed by atoms with E-state index in [1.165, 1.54) is 6.07 Å². The van der Waals surface area contributed by atoms with Crippen LogP contribution in [-0.4, -0.2) is 81.4 Å². The van der Waals surface area contributed by atoms with Crippen LogP contribution < -0.4 is 5.32 Å². The van der Waals surface area contributed by atoms with E-state index in [1.54, 1.807) is 23.1 Å². The summed E-state index contributed by atoms with van der Waals surface area (Å²) in [5.74, 6) is -3.80. The number of hydrogen-bond acceptors (Lipinski definition) is 5. The van der Waals surface area contributed by atoms with Gasteiger partial charge in [-0.15, -0.1) is 0 Å². The van der Waals surface area contributed by atoms with Gasteiger partial charge >= 0.3 is 11.9 Å². The molecule has 10 heteroatoms. The first kappa shape index (κ1) is 21.3. The molecule has 160 valence electrons. The van der Waals surface area contributed by atoms with Crippen LogP contribution in [0.5, 0.6) is 0 Å². The zero-order valence-electron chi connectivity index (χ0n) is 16.2. The number of carboxylic acids is 2. The predicted octanol–water partition coefficient (Wildman–Crippen LogP) is 0.181. The first-order valence-corrected chi connectivity index (χ1v) is 9.73. The lowest BCUT2D eigenvalue weighted by molar-refractivity contribution is -0.159. The van der Waals surface area contributed by atoms with E-state index in [-0.39, 0.29) is 29.9 Å².